The summed E-state index contributed by atoms with van der Waals surface area (Å²) >= 11 is 1.69. The van der Waals surface area contributed by atoms with Crippen LogP contribution in [-0.2, 0) is 9.84 Å². The number of fused-ring (bicyclic) bond motifs is 1. The maximum atomic E-state index is 11.9. The molecule has 16 heavy (non-hydrogen) atoms. The lowest BCUT2D eigenvalue weighted by atomic mass is 10.2. The SMILES string of the molecule is NCCCSC1CS(=O)(=O)c2ccccc21. The van der Waals surface area contributed by atoms with Crippen LogP contribution in [-0.4, -0.2) is 26.5 Å². The van der Waals surface area contributed by atoms with Crippen molar-refractivity contribution in [3.8, 4) is 0 Å². The van der Waals surface area contributed by atoms with Crippen LogP contribution < -0.4 is 5.73 Å². The molecule has 1 unspecified atom stereocenters. The van der Waals surface area contributed by atoms with Crippen LogP contribution in [0.5, 0.6) is 0 Å². The van der Waals surface area contributed by atoms with Crippen molar-refractivity contribution in [3.63, 3.8) is 0 Å². The van der Waals surface area contributed by atoms with Crippen LogP contribution in [0.4, 0.5) is 0 Å². The van der Waals surface area contributed by atoms with E-state index in [1.54, 1.807) is 23.9 Å². The monoisotopic (exact) mass is 257 g/mol. The fourth-order valence-electron chi connectivity index (χ4n) is 1.86. The molecule has 1 heterocycles. The number of hydrogen-bond donors (Lipinski definition) is 1. The minimum atomic E-state index is -3.04. The molecule has 1 aromatic carbocycles. The Balaban J connectivity index is 2.20. The van der Waals surface area contributed by atoms with Gasteiger partial charge in [-0.05, 0) is 30.3 Å². The molecule has 5 heteroatoms. The first-order chi connectivity index (χ1) is 7.65. The van der Waals surface area contributed by atoms with Gasteiger partial charge < -0.3 is 5.73 Å². The van der Waals surface area contributed by atoms with E-state index in [0.717, 1.165) is 17.7 Å². The Morgan fingerprint density at radius 1 is 1.38 bits per heavy atom. The average molecular weight is 257 g/mol. The average Bonchev–Trinajstić information content (AvgIpc) is 2.52. The summed E-state index contributed by atoms with van der Waals surface area (Å²) in [6, 6.07) is 7.30. The molecule has 0 bridgehead atoms. The van der Waals surface area contributed by atoms with Gasteiger partial charge in [-0.2, -0.15) is 11.8 Å². The van der Waals surface area contributed by atoms with E-state index in [9.17, 15) is 8.42 Å². The zero-order chi connectivity index (χ0) is 11.6. The zero-order valence-corrected chi connectivity index (χ0v) is 10.6. The van der Waals surface area contributed by atoms with Crippen molar-refractivity contribution in [3.05, 3.63) is 29.8 Å². The van der Waals surface area contributed by atoms with E-state index in [4.69, 9.17) is 5.73 Å². The summed E-state index contributed by atoms with van der Waals surface area (Å²) in [4.78, 5) is 0.514. The van der Waals surface area contributed by atoms with Gasteiger partial charge in [0.15, 0.2) is 9.84 Å². The molecular formula is C11H15NO2S2. The lowest BCUT2D eigenvalue weighted by Crippen LogP contribution is -2.04. The second-order valence-corrected chi connectivity index (χ2v) is 7.13. The maximum absolute atomic E-state index is 11.9. The van der Waals surface area contributed by atoms with Crippen molar-refractivity contribution in [1.29, 1.82) is 0 Å². The van der Waals surface area contributed by atoms with Crippen LogP contribution in [0.2, 0.25) is 0 Å². The minimum absolute atomic E-state index is 0.0905. The highest BCUT2D eigenvalue weighted by Crippen LogP contribution is 2.41. The molecule has 1 aromatic rings. The molecule has 0 spiro atoms. The van der Waals surface area contributed by atoms with Crippen molar-refractivity contribution in [2.75, 3.05) is 18.1 Å². The highest BCUT2D eigenvalue weighted by Gasteiger charge is 2.34. The van der Waals surface area contributed by atoms with E-state index in [1.165, 1.54) is 0 Å². The summed E-state index contributed by atoms with van der Waals surface area (Å²) in [5, 5.41) is 0.0905. The zero-order valence-electron chi connectivity index (χ0n) is 8.93. The van der Waals surface area contributed by atoms with Gasteiger partial charge >= 0.3 is 0 Å². The van der Waals surface area contributed by atoms with E-state index in [1.807, 2.05) is 12.1 Å². The molecule has 0 amide bonds. The van der Waals surface area contributed by atoms with Crippen LogP contribution in [0.3, 0.4) is 0 Å². The number of hydrogen-bond acceptors (Lipinski definition) is 4. The topological polar surface area (TPSA) is 60.2 Å². The third-order valence-electron chi connectivity index (χ3n) is 2.64. The van der Waals surface area contributed by atoms with E-state index in [2.05, 4.69) is 0 Å². The molecule has 0 aromatic heterocycles. The molecule has 1 aliphatic rings. The van der Waals surface area contributed by atoms with Crippen molar-refractivity contribution >= 4 is 21.6 Å². The first-order valence-electron chi connectivity index (χ1n) is 5.28. The molecule has 2 N–H and O–H groups in total. The van der Waals surface area contributed by atoms with Gasteiger partial charge in [0.05, 0.1) is 10.6 Å². The van der Waals surface area contributed by atoms with E-state index in [0.29, 0.717) is 11.4 Å². The van der Waals surface area contributed by atoms with Gasteiger partial charge in [-0.25, -0.2) is 8.42 Å². The Labute approximate surface area is 100 Å². The van der Waals surface area contributed by atoms with E-state index < -0.39 is 9.84 Å². The first-order valence-corrected chi connectivity index (χ1v) is 7.98. The van der Waals surface area contributed by atoms with Crippen LogP contribution in [0.1, 0.15) is 17.2 Å². The summed E-state index contributed by atoms with van der Waals surface area (Å²) in [6.07, 6.45) is 0.934. The van der Waals surface area contributed by atoms with E-state index in [-0.39, 0.29) is 11.0 Å². The molecule has 0 saturated carbocycles. The molecular weight excluding hydrogens is 242 g/mol. The lowest BCUT2D eigenvalue weighted by Gasteiger charge is -2.08. The van der Waals surface area contributed by atoms with Gasteiger partial charge in [-0.1, -0.05) is 18.2 Å². The second-order valence-electron chi connectivity index (χ2n) is 3.82. The van der Waals surface area contributed by atoms with Crippen molar-refractivity contribution in [2.24, 2.45) is 5.73 Å². The number of benzene rings is 1. The number of nitrogens with two attached hydrogens (primary N) is 1. The summed E-state index contributed by atoms with van der Waals surface area (Å²) in [7, 11) is -3.04. The smallest absolute Gasteiger partial charge is 0.180 e. The fourth-order valence-corrected chi connectivity index (χ4v) is 5.47. The number of thioether (sulfide) groups is 1. The molecule has 1 aliphatic heterocycles. The van der Waals surface area contributed by atoms with Crippen molar-refractivity contribution in [2.45, 2.75) is 16.6 Å². The van der Waals surface area contributed by atoms with Crippen LogP contribution in [0, 0.1) is 0 Å². The molecule has 88 valence electrons. The third kappa shape index (κ3) is 2.26. The van der Waals surface area contributed by atoms with Gasteiger partial charge in [0.25, 0.3) is 0 Å². The summed E-state index contributed by atoms with van der Waals surface area (Å²) in [5.41, 5.74) is 6.39. The van der Waals surface area contributed by atoms with Gasteiger partial charge in [0, 0.05) is 5.25 Å². The second kappa shape index (κ2) is 4.77. The molecule has 0 aliphatic carbocycles. The predicted molar refractivity (Wildman–Crippen MR) is 67.4 cm³/mol. The lowest BCUT2D eigenvalue weighted by molar-refractivity contribution is 0.600. The van der Waals surface area contributed by atoms with Gasteiger partial charge in [0.1, 0.15) is 0 Å². The highest BCUT2D eigenvalue weighted by atomic mass is 32.2. The Morgan fingerprint density at radius 3 is 2.88 bits per heavy atom. The summed E-state index contributed by atoms with van der Waals surface area (Å²) in [5.74, 6) is 1.16. The van der Waals surface area contributed by atoms with Gasteiger partial charge in [0.2, 0.25) is 0 Å². The Hall–Kier alpha value is -0.520. The van der Waals surface area contributed by atoms with E-state index >= 15 is 0 Å². The van der Waals surface area contributed by atoms with Crippen molar-refractivity contribution < 1.29 is 8.42 Å². The highest BCUT2D eigenvalue weighted by molar-refractivity contribution is 8.01. The van der Waals surface area contributed by atoms with Crippen LogP contribution in [0.15, 0.2) is 29.2 Å². The molecule has 3 nitrogen and oxygen atoms in total. The normalized spacial score (nSPS) is 21.9. The summed E-state index contributed by atoms with van der Waals surface area (Å²) < 4.78 is 23.7. The standard InChI is InChI=1S/C11H15NO2S2/c12-6-3-7-15-10-8-16(13,14)11-5-2-1-4-9(10)11/h1-2,4-5,10H,3,6-8,12H2. The Morgan fingerprint density at radius 2 is 2.12 bits per heavy atom. The Bertz CT molecular complexity index is 471. The molecule has 2 rings (SSSR count). The molecule has 0 saturated heterocycles. The number of sulfone groups is 1. The quantitative estimate of drug-likeness (QED) is 0.832. The van der Waals surface area contributed by atoms with Crippen LogP contribution in [0.25, 0.3) is 0 Å². The minimum Gasteiger partial charge on any atom is -0.330 e. The van der Waals surface area contributed by atoms with Gasteiger partial charge in [-0.3, -0.25) is 0 Å². The first kappa shape index (κ1) is 12.0. The molecule has 0 radical (unpaired) electrons. The third-order valence-corrected chi connectivity index (χ3v) is 6.01. The van der Waals surface area contributed by atoms with Crippen LogP contribution >= 0.6 is 11.8 Å². The predicted octanol–water partition coefficient (Wildman–Crippen LogP) is 1.60. The maximum Gasteiger partial charge on any atom is 0.180 e. The van der Waals surface area contributed by atoms with Gasteiger partial charge in [-0.15, -0.1) is 0 Å². The van der Waals surface area contributed by atoms with Crippen molar-refractivity contribution in [1.82, 2.24) is 0 Å². The molecule has 1 atom stereocenters. The summed E-state index contributed by atoms with van der Waals surface area (Å²) in [6.45, 7) is 0.661. The Kier molecular flexibility index (Phi) is 3.56. The largest absolute Gasteiger partial charge is 0.330 e. The molecule has 0 fully saturated rings. The number of rotatable bonds is 4. The fraction of sp³-hybridized carbons (Fsp3) is 0.455.